The molecule has 0 saturated carbocycles. The fourth-order valence-corrected chi connectivity index (χ4v) is 2.91. The normalized spacial score (nSPS) is 16.3. The standard InChI is InChI=1S/C19H20ClN3O/c1-14(19(24)22-18-8-7-17(20)13-21-18)23-11-9-16(10-12-23)15-5-3-2-4-6-15/h2-9,13-14H,10-12H2,1H3,(H,21,22,24)/t14-/m0/s1. The number of halogens is 1. The van der Waals surface area contributed by atoms with E-state index in [1.54, 1.807) is 12.1 Å². The third-order valence-electron chi connectivity index (χ3n) is 4.29. The smallest absolute Gasteiger partial charge is 0.242 e. The van der Waals surface area contributed by atoms with Crippen LogP contribution < -0.4 is 5.32 Å². The van der Waals surface area contributed by atoms with Crippen LogP contribution in [0.15, 0.2) is 54.7 Å². The molecule has 5 heteroatoms. The van der Waals surface area contributed by atoms with E-state index in [-0.39, 0.29) is 11.9 Å². The molecule has 2 aromatic rings. The molecule has 0 aliphatic carbocycles. The predicted octanol–water partition coefficient (Wildman–Crippen LogP) is 3.85. The molecule has 1 N–H and O–H groups in total. The number of nitrogens with zero attached hydrogens (tertiary/aromatic N) is 2. The summed E-state index contributed by atoms with van der Waals surface area (Å²) < 4.78 is 0. The van der Waals surface area contributed by atoms with Crippen molar-refractivity contribution in [3.8, 4) is 0 Å². The monoisotopic (exact) mass is 341 g/mol. The molecule has 0 bridgehead atoms. The Morgan fingerprint density at radius 2 is 2.04 bits per heavy atom. The van der Waals surface area contributed by atoms with Gasteiger partial charge >= 0.3 is 0 Å². The van der Waals surface area contributed by atoms with E-state index in [0.29, 0.717) is 10.8 Å². The van der Waals surface area contributed by atoms with Gasteiger partial charge in [0.2, 0.25) is 5.91 Å². The number of hydrogen-bond acceptors (Lipinski definition) is 3. The second-order valence-electron chi connectivity index (χ2n) is 5.87. The molecular weight excluding hydrogens is 322 g/mol. The fourth-order valence-electron chi connectivity index (χ4n) is 2.80. The number of anilines is 1. The highest BCUT2D eigenvalue weighted by molar-refractivity contribution is 6.30. The molecule has 1 amide bonds. The minimum atomic E-state index is -0.212. The molecule has 1 aromatic carbocycles. The van der Waals surface area contributed by atoms with Gasteiger partial charge in [0.25, 0.3) is 0 Å². The summed E-state index contributed by atoms with van der Waals surface area (Å²) in [6.07, 6.45) is 4.68. The zero-order chi connectivity index (χ0) is 16.9. The van der Waals surface area contributed by atoms with Gasteiger partial charge in [0.05, 0.1) is 11.1 Å². The lowest BCUT2D eigenvalue weighted by atomic mass is 9.99. The van der Waals surface area contributed by atoms with E-state index in [2.05, 4.69) is 45.5 Å². The van der Waals surface area contributed by atoms with Crippen LogP contribution in [0.1, 0.15) is 18.9 Å². The first-order valence-corrected chi connectivity index (χ1v) is 8.42. The highest BCUT2D eigenvalue weighted by Crippen LogP contribution is 2.23. The Morgan fingerprint density at radius 1 is 1.25 bits per heavy atom. The zero-order valence-electron chi connectivity index (χ0n) is 13.6. The lowest BCUT2D eigenvalue weighted by Gasteiger charge is -2.31. The predicted molar refractivity (Wildman–Crippen MR) is 97.9 cm³/mol. The topological polar surface area (TPSA) is 45.2 Å². The molecule has 1 atom stereocenters. The largest absolute Gasteiger partial charge is 0.309 e. The molecule has 0 unspecified atom stereocenters. The number of nitrogens with one attached hydrogen (secondary N) is 1. The number of amides is 1. The van der Waals surface area contributed by atoms with Gasteiger partial charge < -0.3 is 5.32 Å². The average Bonchev–Trinajstić information content (AvgIpc) is 2.64. The van der Waals surface area contributed by atoms with E-state index >= 15 is 0 Å². The molecule has 4 nitrogen and oxygen atoms in total. The lowest BCUT2D eigenvalue weighted by molar-refractivity contribution is -0.120. The van der Waals surface area contributed by atoms with Crippen molar-refractivity contribution < 1.29 is 4.79 Å². The summed E-state index contributed by atoms with van der Waals surface area (Å²) in [6.45, 7) is 3.56. The molecule has 1 aliphatic heterocycles. The fraction of sp³-hybridized carbons (Fsp3) is 0.263. The van der Waals surface area contributed by atoms with Crippen molar-refractivity contribution in [2.75, 3.05) is 18.4 Å². The van der Waals surface area contributed by atoms with Crippen molar-refractivity contribution in [1.29, 1.82) is 0 Å². The maximum Gasteiger partial charge on any atom is 0.242 e. The highest BCUT2D eigenvalue weighted by atomic mass is 35.5. The van der Waals surface area contributed by atoms with Gasteiger partial charge in [-0.05, 0) is 36.6 Å². The molecular formula is C19H20ClN3O. The molecule has 0 saturated heterocycles. The van der Waals surface area contributed by atoms with Crippen LogP contribution in [0.2, 0.25) is 5.02 Å². The summed E-state index contributed by atoms with van der Waals surface area (Å²) in [5.74, 6) is 0.468. The zero-order valence-corrected chi connectivity index (χ0v) is 14.3. The van der Waals surface area contributed by atoms with Crippen molar-refractivity contribution in [2.45, 2.75) is 19.4 Å². The van der Waals surface area contributed by atoms with E-state index < -0.39 is 0 Å². The van der Waals surface area contributed by atoms with Gasteiger partial charge in [-0.15, -0.1) is 0 Å². The highest BCUT2D eigenvalue weighted by Gasteiger charge is 2.23. The average molecular weight is 342 g/mol. The third kappa shape index (κ3) is 4.02. The molecule has 3 rings (SSSR count). The van der Waals surface area contributed by atoms with E-state index in [1.807, 2.05) is 13.0 Å². The van der Waals surface area contributed by atoms with Crippen molar-refractivity contribution in [3.63, 3.8) is 0 Å². The molecule has 2 heterocycles. The summed E-state index contributed by atoms with van der Waals surface area (Å²) in [4.78, 5) is 18.7. The Morgan fingerprint density at radius 3 is 2.67 bits per heavy atom. The van der Waals surface area contributed by atoms with Crippen molar-refractivity contribution in [1.82, 2.24) is 9.88 Å². The van der Waals surface area contributed by atoms with Crippen LogP contribution in [-0.2, 0) is 4.79 Å². The number of hydrogen-bond donors (Lipinski definition) is 1. The number of carbonyl (C=O) groups is 1. The minimum absolute atomic E-state index is 0.0543. The molecule has 1 aliphatic rings. The minimum Gasteiger partial charge on any atom is -0.309 e. The quantitative estimate of drug-likeness (QED) is 0.918. The van der Waals surface area contributed by atoms with Gasteiger partial charge in [-0.1, -0.05) is 48.0 Å². The number of aromatic nitrogens is 1. The number of benzene rings is 1. The Labute approximate surface area is 147 Å². The van der Waals surface area contributed by atoms with Gasteiger partial charge in [0.1, 0.15) is 5.82 Å². The van der Waals surface area contributed by atoms with E-state index in [0.717, 1.165) is 19.5 Å². The van der Waals surface area contributed by atoms with Crippen LogP contribution in [0.4, 0.5) is 5.82 Å². The summed E-state index contributed by atoms with van der Waals surface area (Å²) in [7, 11) is 0. The number of rotatable bonds is 4. The molecule has 0 radical (unpaired) electrons. The van der Waals surface area contributed by atoms with Crippen molar-refractivity contribution in [2.24, 2.45) is 0 Å². The Balaban J connectivity index is 1.60. The summed E-state index contributed by atoms with van der Waals surface area (Å²) in [5.41, 5.74) is 2.61. The first-order valence-electron chi connectivity index (χ1n) is 8.04. The molecule has 24 heavy (non-hydrogen) atoms. The molecule has 124 valence electrons. The maximum atomic E-state index is 12.4. The van der Waals surface area contributed by atoms with E-state index in [4.69, 9.17) is 11.6 Å². The first-order chi connectivity index (χ1) is 11.6. The number of pyridine rings is 1. The molecule has 0 fully saturated rings. The third-order valence-corrected chi connectivity index (χ3v) is 4.51. The van der Waals surface area contributed by atoms with Crippen LogP contribution in [-0.4, -0.2) is 34.9 Å². The van der Waals surface area contributed by atoms with Crippen LogP contribution in [0.25, 0.3) is 5.57 Å². The Kier molecular flexibility index (Phi) is 5.28. The van der Waals surface area contributed by atoms with Crippen molar-refractivity contribution >= 4 is 28.9 Å². The van der Waals surface area contributed by atoms with Crippen molar-refractivity contribution in [3.05, 3.63) is 65.3 Å². The Hall–Kier alpha value is -2.17. The Bertz CT molecular complexity index is 728. The second-order valence-corrected chi connectivity index (χ2v) is 6.30. The second kappa shape index (κ2) is 7.60. The number of carbonyl (C=O) groups excluding carboxylic acids is 1. The molecule has 1 aromatic heterocycles. The van der Waals surface area contributed by atoms with Gasteiger partial charge in [-0.25, -0.2) is 4.98 Å². The van der Waals surface area contributed by atoms with Crippen LogP contribution in [0.5, 0.6) is 0 Å². The first kappa shape index (κ1) is 16.7. The molecule has 0 spiro atoms. The van der Waals surface area contributed by atoms with Gasteiger partial charge in [0, 0.05) is 19.3 Å². The van der Waals surface area contributed by atoms with Crippen LogP contribution >= 0.6 is 11.6 Å². The SMILES string of the molecule is C[C@@H](C(=O)Nc1ccc(Cl)cn1)N1CC=C(c2ccccc2)CC1. The summed E-state index contributed by atoms with van der Waals surface area (Å²) in [6, 6.07) is 13.6. The summed E-state index contributed by atoms with van der Waals surface area (Å²) >= 11 is 5.81. The van der Waals surface area contributed by atoms with Gasteiger partial charge in [0.15, 0.2) is 0 Å². The van der Waals surface area contributed by atoms with Crippen LogP contribution in [0.3, 0.4) is 0 Å². The lowest BCUT2D eigenvalue weighted by Crippen LogP contribution is -2.44. The van der Waals surface area contributed by atoms with Gasteiger partial charge in [-0.2, -0.15) is 0 Å². The van der Waals surface area contributed by atoms with E-state index in [9.17, 15) is 4.79 Å². The summed E-state index contributed by atoms with van der Waals surface area (Å²) in [5, 5.41) is 3.39. The van der Waals surface area contributed by atoms with E-state index in [1.165, 1.54) is 17.3 Å². The maximum absolute atomic E-state index is 12.4. The van der Waals surface area contributed by atoms with Gasteiger partial charge in [-0.3, -0.25) is 9.69 Å². The van der Waals surface area contributed by atoms with Crippen LogP contribution in [0, 0.1) is 0 Å².